The van der Waals surface area contributed by atoms with E-state index >= 15 is 0 Å². The second kappa shape index (κ2) is 5.03. The first-order valence-electron chi connectivity index (χ1n) is 5.64. The molecule has 0 spiro atoms. The van der Waals surface area contributed by atoms with Gasteiger partial charge in [-0.3, -0.25) is 14.6 Å². The van der Waals surface area contributed by atoms with Crippen molar-refractivity contribution in [2.45, 2.75) is 18.9 Å². The summed E-state index contributed by atoms with van der Waals surface area (Å²) in [7, 11) is 1.51. The van der Waals surface area contributed by atoms with Crippen molar-refractivity contribution in [1.82, 2.24) is 10.3 Å². The number of methoxy groups -OCH3 is 1. The molecule has 0 saturated heterocycles. The quantitative estimate of drug-likeness (QED) is 0.820. The smallest absolute Gasteiger partial charge is 0.306 e. The Morgan fingerprint density at radius 2 is 2.22 bits per heavy atom. The Hall–Kier alpha value is -2.11. The number of carboxylic acids is 1. The normalized spacial score (nSPS) is 21.8. The van der Waals surface area contributed by atoms with Crippen LogP contribution in [0.25, 0.3) is 0 Å². The molecule has 1 aromatic heterocycles. The molecule has 18 heavy (non-hydrogen) atoms. The van der Waals surface area contributed by atoms with Crippen LogP contribution in [-0.4, -0.2) is 35.1 Å². The number of carbonyl (C=O) groups is 2. The average Bonchev–Trinajstić information content (AvgIpc) is 2.32. The fourth-order valence-electron chi connectivity index (χ4n) is 1.86. The van der Waals surface area contributed by atoms with Gasteiger partial charge in [-0.15, -0.1) is 0 Å². The number of aromatic nitrogens is 1. The predicted molar refractivity (Wildman–Crippen MR) is 62.4 cm³/mol. The van der Waals surface area contributed by atoms with Crippen LogP contribution in [-0.2, 0) is 4.79 Å². The lowest BCUT2D eigenvalue weighted by Gasteiger charge is -2.32. The monoisotopic (exact) mass is 250 g/mol. The molecule has 1 fully saturated rings. The summed E-state index contributed by atoms with van der Waals surface area (Å²) in [4.78, 5) is 26.4. The summed E-state index contributed by atoms with van der Waals surface area (Å²) in [6, 6.07) is 3.12. The minimum atomic E-state index is -0.806. The summed E-state index contributed by atoms with van der Waals surface area (Å²) in [5, 5.41) is 11.5. The highest BCUT2D eigenvalue weighted by Crippen LogP contribution is 2.27. The second-order valence-corrected chi connectivity index (χ2v) is 4.26. The SMILES string of the molecule is COc1ccnc(C(=O)NC2CC(C(=O)O)C2)c1. The third kappa shape index (κ3) is 2.58. The zero-order valence-electron chi connectivity index (χ0n) is 9.92. The molecule has 6 nitrogen and oxygen atoms in total. The highest BCUT2D eigenvalue weighted by atomic mass is 16.5. The van der Waals surface area contributed by atoms with Crippen molar-refractivity contribution in [1.29, 1.82) is 0 Å². The van der Waals surface area contributed by atoms with Crippen molar-refractivity contribution in [3.63, 3.8) is 0 Å². The van der Waals surface area contributed by atoms with Crippen molar-refractivity contribution in [2.75, 3.05) is 7.11 Å². The average molecular weight is 250 g/mol. The lowest BCUT2D eigenvalue weighted by atomic mass is 9.80. The van der Waals surface area contributed by atoms with Gasteiger partial charge in [0.05, 0.1) is 13.0 Å². The van der Waals surface area contributed by atoms with E-state index in [-0.39, 0.29) is 23.6 Å². The van der Waals surface area contributed by atoms with Gasteiger partial charge < -0.3 is 15.2 Å². The van der Waals surface area contributed by atoms with Crippen molar-refractivity contribution < 1.29 is 19.4 Å². The highest BCUT2D eigenvalue weighted by Gasteiger charge is 2.35. The Kier molecular flexibility index (Phi) is 3.45. The van der Waals surface area contributed by atoms with Gasteiger partial charge in [0.2, 0.25) is 0 Å². The molecule has 0 aromatic carbocycles. The van der Waals surface area contributed by atoms with Crippen LogP contribution in [0.5, 0.6) is 5.75 Å². The molecule has 2 N–H and O–H groups in total. The Bertz CT molecular complexity index is 469. The van der Waals surface area contributed by atoms with Gasteiger partial charge in [0, 0.05) is 18.3 Å². The van der Waals surface area contributed by atoms with Crippen molar-refractivity contribution >= 4 is 11.9 Å². The Morgan fingerprint density at radius 1 is 1.50 bits per heavy atom. The number of nitrogens with zero attached hydrogens (tertiary/aromatic N) is 1. The molecular weight excluding hydrogens is 236 g/mol. The van der Waals surface area contributed by atoms with Crippen LogP contribution < -0.4 is 10.1 Å². The van der Waals surface area contributed by atoms with Crippen LogP contribution in [0.4, 0.5) is 0 Å². The standard InChI is InChI=1S/C12H14N2O4/c1-18-9-2-3-13-10(6-9)11(15)14-8-4-7(5-8)12(16)17/h2-3,6-8H,4-5H2,1H3,(H,14,15)(H,16,17). The molecule has 0 bridgehead atoms. The van der Waals surface area contributed by atoms with Crippen molar-refractivity contribution in [3.8, 4) is 5.75 Å². The van der Waals surface area contributed by atoms with Crippen LogP contribution in [0.15, 0.2) is 18.3 Å². The zero-order valence-corrected chi connectivity index (χ0v) is 9.92. The topological polar surface area (TPSA) is 88.5 Å². The third-order valence-electron chi connectivity index (χ3n) is 3.02. The Labute approximate surface area is 104 Å². The maximum absolute atomic E-state index is 11.8. The van der Waals surface area contributed by atoms with E-state index in [2.05, 4.69) is 10.3 Å². The number of rotatable bonds is 4. The number of nitrogens with one attached hydrogen (secondary N) is 1. The second-order valence-electron chi connectivity index (χ2n) is 4.26. The minimum Gasteiger partial charge on any atom is -0.497 e. The molecule has 1 amide bonds. The molecule has 1 saturated carbocycles. The summed E-state index contributed by atoms with van der Waals surface area (Å²) >= 11 is 0. The number of aliphatic carboxylic acids is 1. The molecule has 1 aromatic rings. The van der Waals surface area contributed by atoms with E-state index in [1.807, 2.05) is 0 Å². The Morgan fingerprint density at radius 3 is 2.83 bits per heavy atom. The third-order valence-corrected chi connectivity index (χ3v) is 3.02. The zero-order chi connectivity index (χ0) is 13.1. The maximum Gasteiger partial charge on any atom is 0.306 e. The first-order chi connectivity index (χ1) is 8.60. The van der Waals surface area contributed by atoms with Crippen LogP contribution in [0.3, 0.4) is 0 Å². The number of carbonyl (C=O) groups excluding carboxylic acids is 1. The molecule has 0 radical (unpaired) electrons. The molecule has 1 aliphatic carbocycles. The molecule has 96 valence electrons. The predicted octanol–water partition coefficient (Wildman–Crippen LogP) is 0.683. The van der Waals surface area contributed by atoms with Gasteiger partial charge in [-0.1, -0.05) is 0 Å². The van der Waals surface area contributed by atoms with Crippen molar-refractivity contribution in [2.24, 2.45) is 5.92 Å². The van der Waals surface area contributed by atoms with E-state index in [1.54, 1.807) is 12.1 Å². The molecule has 1 heterocycles. The van der Waals surface area contributed by atoms with E-state index in [0.29, 0.717) is 18.6 Å². The van der Waals surface area contributed by atoms with Crippen molar-refractivity contribution in [3.05, 3.63) is 24.0 Å². The van der Waals surface area contributed by atoms with E-state index in [0.717, 1.165) is 0 Å². The largest absolute Gasteiger partial charge is 0.497 e. The maximum atomic E-state index is 11.8. The van der Waals surface area contributed by atoms with Gasteiger partial charge in [-0.25, -0.2) is 0 Å². The minimum absolute atomic E-state index is 0.0772. The molecular formula is C12H14N2O4. The van der Waals surface area contributed by atoms with Crippen LogP contribution >= 0.6 is 0 Å². The molecule has 6 heteroatoms. The molecule has 1 aliphatic rings. The van der Waals surface area contributed by atoms with E-state index in [9.17, 15) is 9.59 Å². The van der Waals surface area contributed by atoms with Gasteiger partial charge in [0.15, 0.2) is 0 Å². The van der Waals surface area contributed by atoms with Gasteiger partial charge >= 0.3 is 5.97 Å². The highest BCUT2D eigenvalue weighted by molar-refractivity contribution is 5.93. The van der Waals surface area contributed by atoms with Gasteiger partial charge in [0.1, 0.15) is 11.4 Å². The first-order valence-corrected chi connectivity index (χ1v) is 5.64. The summed E-state index contributed by atoms with van der Waals surface area (Å²) < 4.78 is 5.00. The fraction of sp³-hybridized carbons (Fsp3) is 0.417. The first kappa shape index (κ1) is 12.3. The summed E-state index contributed by atoms with van der Waals surface area (Å²) in [6.45, 7) is 0. The fourth-order valence-corrected chi connectivity index (χ4v) is 1.86. The Balaban J connectivity index is 1.91. The molecule has 0 unspecified atom stereocenters. The number of amides is 1. The number of hydrogen-bond donors (Lipinski definition) is 2. The van der Waals surface area contributed by atoms with E-state index in [4.69, 9.17) is 9.84 Å². The van der Waals surface area contributed by atoms with Gasteiger partial charge in [-0.2, -0.15) is 0 Å². The number of hydrogen-bond acceptors (Lipinski definition) is 4. The molecule has 0 aliphatic heterocycles. The number of ether oxygens (including phenoxy) is 1. The summed E-state index contributed by atoms with van der Waals surface area (Å²) in [5.41, 5.74) is 0.271. The number of pyridine rings is 1. The molecule has 0 atom stereocenters. The van der Waals surface area contributed by atoms with E-state index < -0.39 is 5.97 Å². The summed E-state index contributed by atoms with van der Waals surface area (Å²) in [6.07, 6.45) is 2.45. The van der Waals surface area contributed by atoms with Crippen LogP contribution in [0, 0.1) is 5.92 Å². The van der Waals surface area contributed by atoms with Crippen LogP contribution in [0.1, 0.15) is 23.3 Å². The van der Waals surface area contributed by atoms with Crippen LogP contribution in [0.2, 0.25) is 0 Å². The molecule has 2 rings (SSSR count). The number of carboxylic acid groups (broad SMARTS) is 1. The van der Waals surface area contributed by atoms with Gasteiger partial charge in [-0.05, 0) is 18.9 Å². The van der Waals surface area contributed by atoms with E-state index in [1.165, 1.54) is 13.3 Å². The lowest BCUT2D eigenvalue weighted by molar-refractivity contribution is -0.145. The lowest BCUT2D eigenvalue weighted by Crippen LogP contribution is -2.46. The van der Waals surface area contributed by atoms with Gasteiger partial charge in [0.25, 0.3) is 5.91 Å². The summed E-state index contributed by atoms with van der Waals surface area (Å²) in [5.74, 6) is -0.886.